The fourth-order valence-electron chi connectivity index (χ4n) is 5.97. The Morgan fingerprint density at radius 2 is 1.20 bits per heavy atom. The van der Waals surface area contributed by atoms with E-state index in [1.807, 2.05) is 22.0 Å². The summed E-state index contributed by atoms with van der Waals surface area (Å²) in [5.74, 6) is 0. The van der Waals surface area contributed by atoms with Crippen LogP contribution >= 0.6 is 22.0 Å². The summed E-state index contributed by atoms with van der Waals surface area (Å²) in [7, 11) is 3.74. The summed E-state index contributed by atoms with van der Waals surface area (Å²) in [5.41, 5.74) is -0.154. The molecule has 8 heteroatoms. The van der Waals surface area contributed by atoms with Crippen molar-refractivity contribution in [1.29, 1.82) is 0 Å². The first-order valence-electron chi connectivity index (χ1n) is 13.7. The quantitative estimate of drug-likeness (QED) is 0.167. The van der Waals surface area contributed by atoms with E-state index in [2.05, 4.69) is 83.2 Å². The Labute approximate surface area is 224 Å². The Bertz CT molecular complexity index is 649. The first-order chi connectivity index (χ1) is 16.1. The first kappa shape index (κ1) is 31.1. The van der Waals surface area contributed by atoms with Gasteiger partial charge in [-0.3, -0.25) is 0 Å². The van der Waals surface area contributed by atoms with Gasteiger partial charge in [0.25, 0.3) is 0 Å². The van der Waals surface area contributed by atoms with Crippen LogP contribution in [0.3, 0.4) is 0 Å². The molecule has 0 aromatic carbocycles. The van der Waals surface area contributed by atoms with Crippen molar-refractivity contribution >= 4 is 28.1 Å². The van der Waals surface area contributed by atoms with Gasteiger partial charge in [0.05, 0.1) is 6.10 Å². The number of hydrogen-bond donors (Lipinski definition) is 1. The minimum absolute atomic E-state index is 0.0304. The number of alkyl carbamates (subject to hydrolysis) is 1. The lowest BCUT2D eigenvalue weighted by atomic mass is 9.81. The van der Waals surface area contributed by atoms with Gasteiger partial charge in [-0.15, -0.1) is 0 Å². The van der Waals surface area contributed by atoms with Gasteiger partial charge in [-0.05, 0) is 81.1 Å². The zero-order valence-electron chi connectivity index (χ0n) is 24.2. The number of nitrogens with zero attached hydrogens (tertiary/aromatic N) is 2. The lowest BCUT2D eigenvalue weighted by molar-refractivity contribution is -0.0597. The van der Waals surface area contributed by atoms with Crippen molar-refractivity contribution in [3.8, 4) is 0 Å². The molecule has 0 aromatic heterocycles. The fraction of sp³-hybridized carbons (Fsp3) is 0.963. The number of rotatable bonds is 11. The third-order valence-electron chi connectivity index (χ3n) is 7.22. The van der Waals surface area contributed by atoms with Crippen LogP contribution in [0, 0.1) is 0 Å². The van der Waals surface area contributed by atoms with Crippen LogP contribution in [0.1, 0.15) is 121 Å². The van der Waals surface area contributed by atoms with Crippen LogP contribution in [0.15, 0.2) is 0 Å². The van der Waals surface area contributed by atoms with Crippen molar-refractivity contribution in [2.75, 3.05) is 13.2 Å². The van der Waals surface area contributed by atoms with Gasteiger partial charge in [0.2, 0.25) is 0 Å². The minimum Gasteiger partial charge on any atom is -0.446 e. The summed E-state index contributed by atoms with van der Waals surface area (Å²) in [4.78, 5) is 12.3. The molecule has 0 unspecified atom stereocenters. The molecule has 0 saturated carbocycles. The van der Waals surface area contributed by atoms with Crippen LogP contribution in [-0.2, 0) is 9.47 Å². The largest absolute Gasteiger partial charge is 0.446 e. The second-order valence-electron chi connectivity index (χ2n) is 13.0. The number of hydrogen-bond acceptors (Lipinski definition) is 7. The summed E-state index contributed by atoms with van der Waals surface area (Å²) < 4.78 is 17.3. The van der Waals surface area contributed by atoms with Gasteiger partial charge < -0.3 is 14.8 Å². The highest BCUT2D eigenvalue weighted by Crippen LogP contribution is 2.53. The van der Waals surface area contributed by atoms with Gasteiger partial charge in [-0.1, -0.05) is 26.7 Å². The number of carbonyl (C=O) groups is 1. The molecule has 2 aliphatic rings. The fourth-order valence-corrected chi connectivity index (χ4v) is 10.0. The Balaban J connectivity index is 2.02. The minimum atomic E-state index is -0.280. The monoisotopic (exact) mass is 531 g/mol. The molecule has 0 aliphatic carbocycles. The molecular formula is C27H53N3O3S2. The molecule has 1 amide bonds. The van der Waals surface area contributed by atoms with Gasteiger partial charge in [0, 0.05) is 70.1 Å². The third-order valence-corrected chi connectivity index (χ3v) is 10.7. The Morgan fingerprint density at radius 1 is 0.771 bits per heavy atom. The van der Waals surface area contributed by atoms with Crippen LogP contribution in [0.5, 0.6) is 0 Å². The molecule has 6 nitrogen and oxygen atoms in total. The van der Waals surface area contributed by atoms with Crippen LogP contribution in [0.4, 0.5) is 4.79 Å². The van der Waals surface area contributed by atoms with Gasteiger partial charge in [-0.25, -0.2) is 13.4 Å². The molecule has 0 radical (unpaired) electrons. The Kier molecular flexibility index (Phi) is 11.2. The van der Waals surface area contributed by atoms with Gasteiger partial charge >= 0.3 is 6.09 Å². The van der Waals surface area contributed by atoms with Gasteiger partial charge in [0.15, 0.2) is 0 Å². The molecule has 2 saturated heterocycles. The maximum Gasteiger partial charge on any atom is 0.407 e. The normalized spacial score (nSPS) is 24.9. The Hall–Kier alpha value is -0.150. The molecule has 35 heavy (non-hydrogen) atoms. The molecule has 2 fully saturated rings. The predicted molar refractivity (Wildman–Crippen MR) is 151 cm³/mol. The van der Waals surface area contributed by atoms with E-state index in [1.165, 1.54) is 6.42 Å². The average molecular weight is 532 g/mol. The van der Waals surface area contributed by atoms with Crippen LogP contribution in [0.2, 0.25) is 0 Å². The van der Waals surface area contributed by atoms with Crippen molar-refractivity contribution < 1.29 is 14.3 Å². The smallest absolute Gasteiger partial charge is 0.407 e. The second kappa shape index (κ2) is 12.6. The van der Waals surface area contributed by atoms with E-state index < -0.39 is 0 Å². The SMILES string of the molecule is CCCCNC(=O)OC1CC(C)(C)N(SSN2C(C)(C)CC(OCCCC)CC2(C)C)C(C)(C)C1. The first-order valence-corrected chi connectivity index (χ1v) is 15.7. The van der Waals surface area contributed by atoms with Crippen molar-refractivity contribution in [1.82, 2.24) is 13.9 Å². The van der Waals surface area contributed by atoms with E-state index in [4.69, 9.17) is 9.47 Å². The average Bonchev–Trinajstić information content (AvgIpc) is 2.67. The molecular weight excluding hydrogens is 478 g/mol. The maximum absolute atomic E-state index is 12.3. The predicted octanol–water partition coefficient (Wildman–Crippen LogP) is 7.58. The van der Waals surface area contributed by atoms with Crippen molar-refractivity contribution in [2.24, 2.45) is 0 Å². The summed E-state index contributed by atoms with van der Waals surface area (Å²) in [5, 5.41) is 2.90. The third kappa shape index (κ3) is 8.69. The highest BCUT2D eigenvalue weighted by Gasteiger charge is 2.50. The van der Waals surface area contributed by atoms with Crippen molar-refractivity contribution in [3.63, 3.8) is 0 Å². The van der Waals surface area contributed by atoms with Crippen molar-refractivity contribution in [2.45, 2.75) is 155 Å². The summed E-state index contributed by atoms with van der Waals surface area (Å²) in [6.07, 6.45) is 8.05. The zero-order chi connectivity index (χ0) is 26.5. The van der Waals surface area contributed by atoms with E-state index in [-0.39, 0.29) is 34.4 Å². The molecule has 2 aliphatic heterocycles. The molecule has 0 spiro atoms. The Morgan fingerprint density at radius 3 is 1.63 bits per heavy atom. The number of piperidine rings is 2. The van der Waals surface area contributed by atoms with Crippen LogP contribution in [-0.4, -0.2) is 62.2 Å². The molecule has 0 atom stereocenters. The molecule has 2 rings (SSSR count). The van der Waals surface area contributed by atoms with E-state index in [9.17, 15) is 4.79 Å². The standard InChI is InChI=1S/C27H53N3O3S2/c1-11-13-15-28-23(31)33-22-19-26(7,8)30(27(9,10)20-22)35-34-29-24(3,4)17-21(18-25(29,5)6)32-16-14-12-2/h21-22H,11-20H2,1-10H3,(H,28,31). The van der Waals surface area contributed by atoms with Gasteiger partial charge in [-0.2, -0.15) is 0 Å². The number of nitrogens with one attached hydrogen (secondary N) is 1. The lowest BCUT2D eigenvalue weighted by Gasteiger charge is -2.56. The molecule has 2 heterocycles. The van der Waals surface area contributed by atoms with E-state index in [0.29, 0.717) is 12.6 Å². The highest BCUT2D eigenvalue weighted by molar-refractivity contribution is 8.74. The molecule has 1 N–H and O–H groups in total. The summed E-state index contributed by atoms with van der Waals surface area (Å²) in [6.45, 7) is 24.4. The number of carbonyl (C=O) groups excluding carboxylic acids is 1. The van der Waals surface area contributed by atoms with E-state index in [1.54, 1.807) is 0 Å². The van der Waals surface area contributed by atoms with Crippen molar-refractivity contribution in [3.05, 3.63) is 0 Å². The topological polar surface area (TPSA) is 54.0 Å². The lowest BCUT2D eigenvalue weighted by Crippen LogP contribution is -2.61. The van der Waals surface area contributed by atoms with E-state index in [0.717, 1.165) is 51.6 Å². The van der Waals surface area contributed by atoms with E-state index >= 15 is 0 Å². The molecule has 0 bridgehead atoms. The van der Waals surface area contributed by atoms with Gasteiger partial charge in [0.1, 0.15) is 6.10 Å². The zero-order valence-corrected chi connectivity index (χ0v) is 25.8. The summed E-state index contributed by atoms with van der Waals surface area (Å²) >= 11 is 0. The molecule has 0 aromatic rings. The van der Waals surface area contributed by atoms with Crippen LogP contribution < -0.4 is 5.32 Å². The summed E-state index contributed by atoms with van der Waals surface area (Å²) in [6, 6.07) is 0. The molecule has 206 valence electrons. The highest BCUT2D eigenvalue weighted by atomic mass is 33.1. The number of ether oxygens (including phenoxy) is 2. The number of amides is 1. The second-order valence-corrected chi connectivity index (χ2v) is 14.9. The van der Waals surface area contributed by atoms with Crippen LogP contribution in [0.25, 0.3) is 0 Å². The maximum atomic E-state index is 12.3. The number of unbranched alkanes of at least 4 members (excludes halogenated alkanes) is 2.